The Morgan fingerprint density at radius 2 is 1.07 bits per heavy atom. The van der Waals surface area contributed by atoms with Gasteiger partial charge in [-0.3, -0.25) is 15.0 Å². The van der Waals surface area contributed by atoms with Gasteiger partial charge in [0.05, 0.1) is 5.69 Å². The SMILES string of the molecule is C1=C(c2ccc3c4ccc(-c5ccc(-c6ccncc6)nc5)cc4c4ccccc4c3c2)CNC(c2ccncc2)=C1. The third-order valence-corrected chi connectivity index (χ3v) is 8.19. The predicted molar refractivity (Wildman–Crippen MR) is 174 cm³/mol. The number of rotatable bonds is 4. The van der Waals surface area contributed by atoms with E-state index in [9.17, 15) is 0 Å². The van der Waals surface area contributed by atoms with Gasteiger partial charge in [0, 0.05) is 59.9 Å². The van der Waals surface area contributed by atoms with Gasteiger partial charge < -0.3 is 5.32 Å². The molecule has 42 heavy (non-hydrogen) atoms. The Morgan fingerprint density at radius 1 is 0.476 bits per heavy atom. The summed E-state index contributed by atoms with van der Waals surface area (Å²) in [5, 5.41) is 11.2. The average Bonchev–Trinajstić information content (AvgIpc) is 3.09. The number of aromatic nitrogens is 3. The van der Waals surface area contributed by atoms with Crippen LogP contribution < -0.4 is 5.32 Å². The highest BCUT2D eigenvalue weighted by molar-refractivity contribution is 6.26. The van der Waals surface area contributed by atoms with Crippen LogP contribution >= 0.6 is 0 Å². The first-order valence-corrected chi connectivity index (χ1v) is 14.1. The minimum Gasteiger partial charge on any atom is -0.380 e. The van der Waals surface area contributed by atoms with Crippen molar-refractivity contribution in [2.45, 2.75) is 0 Å². The zero-order chi connectivity index (χ0) is 27.9. The van der Waals surface area contributed by atoms with Crippen LogP contribution in [0.1, 0.15) is 11.1 Å². The second kappa shape index (κ2) is 10.1. The van der Waals surface area contributed by atoms with Crippen LogP contribution in [-0.4, -0.2) is 21.5 Å². The van der Waals surface area contributed by atoms with Crippen molar-refractivity contribution in [1.29, 1.82) is 0 Å². The summed E-state index contributed by atoms with van der Waals surface area (Å²) in [6, 6.07) is 34.7. The molecule has 3 aromatic heterocycles. The van der Waals surface area contributed by atoms with Gasteiger partial charge in [-0.15, -0.1) is 0 Å². The maximum atomic E-state index is 4.75. The summed E-state index contributed by atoms with van der Waals surface area (Å²) in [6.45, 7) is 0.780. The Labute approximate surface area is 243 Å². The molecular formula is C38H26N4. The summed E-state index contributed by atoms with van der Waals surface area (Å²) in [6.07, 6.45) is 13.6. The highest BCUT2D eigenvalue weighted by Gasteiger charge is 2.14. The Kier molecular flexibility index (Phi) is 5.82. The van der Waals surface area contributed by atoms with E-state index in [0.717, 1.165) is 40.2 Å². The lowest BCUT2D eigenvalue weighted by Crippen LogP contribution is -2.18. The molecule has 0 saturated heterocycles. The molecule has 0 saturated carbocycles. The minimum absolute atomic E-state index is 0.780. The molecule has 0 bridgehead atoms. The molecule has 1 aliphatic heterocycles. The normalized spacial score (nSPS) is 13.1. The number of dihydropyridines is 1. The Morgan fingerprint density at radius 3 is 1.69 bits per heavy atom. The fourth-order valence-electron chi connectivity index (χ4n) is 6.01. The monoisotopic (exact) mass is 538 g/mol. The van der Waals surface area contributed by atoms with Crippen LogP contribution in [0.3, 0.4) is 0 Å². The van der Waals surface area contributed by atoms with Crippen LogP contribution in [0.5, 0.6) is 0 Å². The first-order chi connectivity index (χ1) is 20.8. The molecule has 4 heterocycles. The topological polar surface area (TPSA) is 50.7 Å². The molecule has 4 heteroatoms. The molecule has 0 amide bonds. The second-order valence-corrected chi connectivity index (χ2v) is 10.6. The van der Waals surface area contributed by atoms with Crippen LogP contribution in [0, 0.1) is 0 Å². The fourth-order valence-corrected chi connectivity index (χ4v) is 6.01. The summed E-state index contributed by atoms with van der Waals surface area (Å²) in [5.74, 6) is 0. The first-order valence-electron chi connectivity index (χ1n) is 14.1. The Balaban J connectivity index is 1.21. The molecule has 4 nitrogen and oxygen atoms in total. The zero-order valence-corrected chi connectivity index (χ0v) is 22.8. The predicted octanol–water partition coefficient (Wildman–Crippen LogP) is 8.69. The molecule has 8 rings (SSSR count). The van der Waals surface area contributed by atoms with Gasteiger partial charge in [-0.25, -0.2) is 0 Å². The molecule has 4 aromatic carbocycles. The molecule has 0 aliphatic carbocycles. The summed E-state index contributed by atoms with van der Waals surface area (Å²) < 4.78 is 0. The van der Waals surface area contributed by atoms with Gasteiger partial charge in [0.1, 0.15) is 0 Å². The number of hydrogen-bond acceptors (Lipinski definition) is 4. The summed E-state index contributed by atoms with van der Waals surface area (Å²) in [4.78, 5) is 13.0. The molecule has 1 aliphatic rings. The lowest BCUT2D eigenvalue weighted by molar-refractivity contribution is 1.01. The van der Waals surface area contributed by atoms with Crippen molar-refractivity contribution in [1.82, 2.24) is 20.3 Å². The standard InChI is InChI=1S/C38H26N4/c1-2-4-32-31(3-1)35-21-27(29-7-11-37(41-23-29)25-13-17-39-18-14-25)5-9-33(35)34-10-6-28(22-36(32)34)30-8-12-38(42-24-30)26-15-19-40-20-16-26/h1-23,42H,24H2. The van der Waals surface area contributed by atoms with Crippen LogP contribution in [0.15, 0.2) is 140 Å². The van der Waals surface area contributed by atoms with Crippen LogP contribution in [0.25, 0.3) is 66.0 Å². The van der Waals surface area contributed by atoms with E-state index in [4.69, 9.17) is 4.98 Å². The molecule has 0 radical (unpaired) electrons. The van der Waals surface area contributed by atoms with Gasteiger partial charge >= 0.3 is 0 Å². The lowest BCUT2D eigenvalue weighted by Gasteiger charge is -2.19. The van der Waals surface area contributed by atoms with Gasteiger partial charge in [0.15, 0.2) is 0 Å². The maximum absolute atomic E-state index is 4.75. The second-order valence-electron chi connectivity index (χ2n) is 10.6. The molecular weight excluding hydrogens is 512 g/mol. The van der Waals surface area contributed by atoms with Crippen molar-refractivity contribution in [3.8, 4) is 22.4 Å². The van der Waals surface area contributed by atoms with E-state index in [1.807, 2.05) is 42.9 Å². The summed E-state index contributed by atoms with van der Waals surface area (Å²) >= 11 is 0. The maximum Gasteiger partial charge on any atom is 0.0703 e. The highest BCUT2D eigenvalue weighted by Crippen LogP contribution is 2.38. The molecule has 0 unspecified atom stereocenters. The van der Waals surface area contributed by atoms with E-state index in [1.54, 1.807) is 12.4 Å². The van der Waals surface area contributed by atoms with Crippen molar-refractivity contribution in [3.05, 3.63) is 151 Å². The van der Waals surface area contributed by atoms with Crippen LogP contribution in [0.4, 0.5) is 0 Å². The van der Waals surface area contributed by atoms with Gasteiger partial charge in [0.25, 0.3) is 0 Å². The van der Waals surface area contributed by atoms with Crippen molar-refractivity contribution in [3.63, 3.8) is 0 Å². The Bertz CT molecular complexity index is 2140. The lowest BCUT2D eigenvalue weighted by atomic mass is 9.90. The first kappa shape index (κ1) is 24.2. The largest absolute Gasteiger partial charge is 0.380 e. The van der Waals surface area contributed by atoms with Gasteiger partial charge in [-0.05, 0) is 97.6 Å². The number of nitrogens with zero attached hydrogens (tertiary/aromatic N) is 3. The van der Waals surface area contributed by atoms with E-state index < -0.39 is 0 Å². The smallest absolute Gasteiger partial charge is 0.0703 e. The highest BCUT2D eigenvalue weighted by atomic mass is 14.9. The van der Waals surface area contributed by atoms with Crippen LogP contribution in [0.2, 0.25) is 0 Å². The molecule has 7 aromatic rings. The zero-order valence-electron chi connectivity index (χ0n) is 22.8. The number of benzene rings is 4. The van der Waals surface area contributed by atoms with E-state index in [0.29, 0.717) is 0 Å². The number of fused-ring (bicyclic) bond motifs is 6. The average molecular weight is 539 g/mol. The number of hydrogen-bond donors (Lipinski definition) is 1. The third kappa shape index (κ3) is 4.21. The number of nitrogens with one attached hydrogen (secondary N) is 1. The minimum atomic E-state index is 0.780. The van der Waals surface area contributed by atoms with E-state index in [1.165, 1.54) is 43.5 Å². The molecule has 198 valence electrons. The third-order valence-electron chi connectivity index (χ3n) is 8.19. The van der Waals surface area contributed by atoms with Crippen molar-refractivity contribution in [2.24, 2.45) is 0 Å². The number of pyridine rings is 3. The van der Waals surface area contributed by atoms with Gasteiger partial charge in [-0.1, -0.05) is 60.7 Å². The molecule has 0 fully saturated rings. The van der Waals surface area contributed by atoms with Crippen molar-refractivity contribution >= 4 is 43.6 Å². The quantitative estimate of drug-likeness (QED) is 0.228. The van der Waals surface area contributed by atoms with Crippen molar-refractivity contribution in [2.75, 3.05) is 6.54 Å². The Hall–Kier alpha value is -5.61. The van der Waals surface area contributed by atoms with Crippen LogP contribution in [-0.2, 0) is 0 Å². The fraction of sp³-hybridized carbons (Fsp3) is 0.0263. The van der Waals surface area contributed by atoms with Crippen molar-refractivity contribution < 1.29 is 0 Å². The van der Waals surface area contributed by atoms with Gasteiger partial charge in [-0.2, -0.15) is 0 Å². The van der Waals surface area contributed by atoms with E-state index >= 15 is 0 Å². The van der Waals surface area contributed by atoms with E-state index in [-0.39, 0.29) is 0 Å². The molecule has 0 spiro atoms. The number of allylic oxidation sites excluding steroid dienone is 2. The summed E-state index contributed by atoms with van der Waals surface area (Å²) in [5.41, 5.74) is 9.06. The van der Waals surface area contributed by atoms with Gasteiger partial charge in [0.2, 0.25) is 0 Å². The van der Waals surface area contributed by atoms with E-state index in [2.05, 4.69) is 100 Å². The molecule has 0 atom stereocenters. The summed E-state index contributed by atoms with van der Waals surface area (Å²) in [7, 11) is 0. The molecule has 1 N–H and O–H groups in total.